The van der Waals surface area contributed by atoms with Crippen molar-refractivity contribution in [1.29, 1.82) is 0 Å². The van der Waals surface area contributed by atoms with Crippen molar-refractivity contribution in [3.05, 3.63) is 48.6 Å². The quantitative estimate of drug-likeness (QED) is 0.0398. The van der Waals surface area contributed by atoms with Gasteiger partial charge in [0, 0.05) is 60.3 Å². The van der Waals surface area contributed by atoms with E-state index in [4.69, 9.17) is 37.9 Å². The minimum atomic E-state index is -1.47. The van der Waals surface area contributed by atoms with Gasteiger partial charge in [0.15, 0.2) is 6.10 Å². The second-order valence-corrected chi connectivity index (χ2v) is 14.1. The molecule has 1 heterocycles. The lowest BCUT2D eigenvalue weighted by molar-refractivity contribution is -0.261. The Morgan fingerprint density at radius 3 is 1.21 bits per heavy atom. The highest BCUT2D eigenvalue weighted by molar-refractivity contribution is 5.88. The van der Waals surface area contributed by atoms with Gasteiger partial charge in [-0.15, -0.1) is 0 Å². The van der Waals surface area contributed by atoms with Crippen LogP contribution >= 0.6 is 0 Å². The Morgan fingerprint density at radius 2 is 0.828 bits per heavy atom. The molecule has 0 bridgehead atoms. The van der Waals surface area contributed by atoms with Crippen molar-refractivity contribution in [3.8, 4) is 0 Å². The van der Waals surface area contributed by atoms with Crippen molar-refractivity contribution in [2.45, 2.75) is 130 Å². The lowest BCUT2D eigenvalue weighted by atomic mass is 9.87. The summed E-state index contributed by atoms with van der Waals surface area (Å²) < 4.78 is 43.4. The van der Waals surface area contributed by atoms with Gasteiger partial charge in [-0.25, -0.2) is 19.2 Å². The third-order valence-corrected chi connectivity index (χ3v) is 8.36. The van der Waals surface area contributed by atoms with Gasteiger partial charge >= 0.3 is 41.8 Å². The molecular formula is C42H60O16. The Morgan fingerprint density at radius 1 is 0.483 bits per heavy atom. The topological polar surface area (TPSA) is 210 Å². The largest absolute Gasteiger partial charge is 0.462 e. The molecule has 0 radical (unpaired) electrons. The van der Waals surface area contributed by atoms with Crippen LogP contribution in [0.5, 0.6) is 0 Å². The average molecular weight is 821 g/mol. The molecule has 1 saturated heterocycles. The van der Waals surface area contributed by atoms with Gasteiger partial charge in [-0.3, -0.25) is 19.2 Å². The summed E-state index contributed by atoms with van der Waals surface area (Å²) in [6.45, 7) is 20.1. The molecule has 4 atom stereocenters. The van der Waals surface area contributed by atoms with E-state index in [9.17, 15) is 38.4 Å². The van der Waals surface area contributed by atoms with E-state index in [0.29, 0.717) is 38.5 Å². The fraction of sp³-hybridized carbons (Fsp3) is 0.619. The van der Waals surface area contributed by atoms with Crippen LogP contribution in [-0.4, -0.2) is 99.1 Å². The molecule has 0 amide bonds. The predicted molar refractivity (Wildman–Crippen MR) is 207 cm³/mol. The molecule has 0 aromatic carbocycles. The summed E-state index contributed by atoms with van der Waals surface area (Å²) in [6.07, 6.45) is -1.81. The molecular weight excluding hydrogens is 760 g/mol. The molecule has 0 spiro atoms. The predicted octanol–water partition coefficient (Wildman–Crippen LogP) is 5.44. The second-order valence-electron chi connectivity index (χ2n) is 14.1. The van der Waals surface area contributed by atoms with E-state index in [-0.39, 0.29) is 106 Å². The zero-order valence-corrected chi connectivity index (χ0v) is 34.4. The average Bonchev–Trinajstić information content (AvgIpc) is 3.15. The zero-order chi connectivity index (χ0) is 43.6. The van der Waals surface area contributed by atoms with Gasteiger partial charge < -0.3 is 37.9 Å². The van der Waals surface area contributed by atoms with Crippen molar-refractivity contribution < 1.29 is 76.3 Å². The first-order valence-electron chi connectivity index (χ1n) is 19.4. The first-order chi connectivity index (χ1) is 27.4. The van der Waals surface area contributed by atoms with Crippen LogP contribution in [0.25, 0.3) is 0 Å². The molecule has 1 fully saturated rings. The maximum atomic E-state index is 13.4. The molecule has 0 saturated carbocycles. The Hall–Kier alpha value is -5.12. The molecule has 16 nitrogen and oxygen atoms in total. The third-order valence-electron chi connectivity index (χ3n) is 8.36. The summed E-state index contributed by atoms with van der Waals surface area (Å²) in [4.78, 5) is 99.3. The minimum absolute atomic E-state index is 0.0377. The van der Waals surface area contributed by atoms with Gasteiger partial charge in [-0.05, 0) is 79.1 Å². The smallest absolute Gasteiger partial charge is 0.333 e. The highest BCUT2D eigenvalue weighted by Gasteiger charge is 2.47. The van der Waals surface area contributed by atoms with Gasteiger partial charge in [0.2, 0.25) is 6.29 Å². The van der Waals surface area contributed by atoms with E-state index in [1.165, 1.54) is 27.7 Å². The summed E-state index contributed by atoms with van der Waals surface area (Å²) >= 11 is 0. The lowest BCUT2D eigenvalue weighted by Gasteiger charge is -2.40. The number of rotatable bonds is 29. The first kappa shape index (κ1) is 50.9. The SMILES string of the molecule is C=C(C)C(=O)OCCCCC(=O)C[C@H]1[C@H](OC(=O)CCCCOC(=O)C(=C)C)COC(OC(=O)CCCCOC(=O)C(=C)C)[C@@H]1OC(=O)CCCCOC(=O)C(=C)C. The summed E-state index contributed by atoms with van der Waals surface area (Å²) in [6, 6.07) is 0. The third kappa shape index (κ3) is 22.0. The normalized spacial score (nSPS) is 17.1. The summed E-state index contributed by atoms with van der Waals surface area (Å²) in [7, 11) is 0. The van der Waals surface area contributed by atoms with Crippen LogP contribution < -0.4 is 0 Å². The number of hydrogen-bond acceptors (Lipinski definition) is 16. The van der Waals surface area contributed by atoms with Crippen LogP contribution in [0.1, 0.15) is 111 Å². The Labute approximate surface area is 340 Å². The Bertz CT molecular complexity index is 1380. The second kappa shape index (κ2) is 28.3. The first-order valence-corrected chi connectivity index (χ1v) is 19.4. The molecule has 0 N–H and O–H groups in total. The number of ether oxygens (including phenoxy) is 8. The molecule has 1 rings (SSSR count). The molecule has 16 heteroatoms. The minimum Gasteiger partial charge on any atom is -0.462 e. The standard InChI is InChI=1S/C42H60O16/c1-27(2)38(47)51-21-13-9-17-31(43)25-32-33(56-34(44)18-10-14-22-52-39(48)28(3)4)26-55-42(58-36(46)20-12-16-24-54-41(50)30(7)8)37(32)57-35(45)19-11-15-23-53-40(49)29(5)6/h32-33,37,42H,1,3,5,7,9-26H2,2,4,6,8H3/t32-,33+,37+,42?/m0/s1. The Balaban J connectivity index is 3.15. The van der Waals surface area contributed by atoms with Crippen LogP contribution in [0, 0.1) is 5.92 Å². The van der Waals surface area contributed by atoms with Gasteiger partial charge in [0.1, 0.15) is 11.9 Å². The number of unbranched alkanes of at least 4 members (excludes halogenated alkanes) is 4. The number of carbonyl (C=O) groups excluding carboxylic acids is 8. The van der Waals surface area contributed by atoms with Crippen molar-refractivity contribution in [2.75, 3.05) is 33.0 Å². The molecule has 324 valence electrons. The summed E-state index contributed by atoms with van der Waals surface area (Å²) in [5.74, 6) is -5.58. The van der Waals surface area contributed by atoms with Crippen LogP contribution in [-0.2, 0) is 76.3 Å². The van der Waals surface area contributed by atoms with Gasteiger partial charge in [-0.1, -0.05) is 26.3 Å². The molecule has 1 unspecified atom stereocenters. The summed E-state index contributed by atoms with van der Waals surface area (Å²) in [5, 5.41) is 0. The number of esters is 7. The highest BCUT2D eigenvalue weighted by Crippen LogP contribution is 2.32. The van der Waals surface area contributed by atoms with Crippen LogP contribution in [0.2, 0.25) is 0 Å². The lowest BCUT2D eigenvalue weighted by Crippen LogP contribution is -2.54. The van der Waals surface area contributed by atoms with Crippen molar-refractivity contribution in [1.82, 2.24) is 0 Å². The number of Topliss-reactive ketones (excluding diaryl/α,β-unsaturated/α-hetero) is 1. The summed E-state index contributed by atoms with van der Waals surface area (Å²) in [5.41, 5.74) is 0.958. The monoisotopic (exact) mass is 820 g/mol. The number of ketones is 1. The molecule has 0 aromatic rings. The maximum Gasteiger partial charge on any atom is 0.333 e. The zero-order valence-electron chi connectivity index (χ0n) is 34.4. The molecule has 1 aliphatic heterocycles. The molecule has 58 heavy (non-hydrogen) atoms. The van der Waals surface area contributed by atoms with Gasteiger partial charge in [0.05, 0.1) is 33.0 Å². The van der Waals surface area contributed by atoms with E-state index in [1.54, 1.807) is 0 Å². The number of hydrogen-bond donors (Lipinski definition) is 0. The number of carbonyl (C=O) groups is 8. The highest BCUT2D eigenvalue weighted by atomic mass is 16.7. The Kier molecular flexibility index (Phi) is 24.8. The van der Waals surface area contributed by atoms with E-state index < -0.39 is 66.2 Å². The van der Waals surface area contributed by atoms with E-state index in [0.717, 1.165) is 0 Å². The van der Waals surface area contributed by atoms with Crippen LogP contribution in [0.4, 0.5) is 0 Å². The maximum absolute atomic E-state index is 13.4. The van der Waals surface area contributed by atoms with Crippen molar-refractivity contribution >= 4 is 47.6 Å². The molecule has 0 aliphatic carbocycles. The van der Waals surface area contributed by atoms with E-state index in [2.05, 4.69) is 26.3 Å². The van der Waals surface area contributed by atoms with Gasteiger partial charge in [0.25, 0.3) is 0 Å². The molecule has 0 aromatic heterocycles. The van der Waals surface area contributed by atoms with Crippen molar-refractivity contribution in [2.24, 2.45) is 5.92 Å². The van der Waals surface area contributed by atoms with Gasteiger partial charge in [-0.2, -0.15) is 0 Å². The molecule has 1 aliphatic rings. The van der Waals surface area contributed by atoms with Crippen molar-refractivity contribution in [3.63, 3.8) is 0 Å². The fourth-order valence-electron chi connectivity index (χ4n) is 5.12. The van der Waals surface area contributed by atoms with E-state index >= 15 is 0 Å². The van der Waals surface area contributed by atoms with Crippen LogP contribution in [0.15, 0.2) is 48.6 Å². The van der Waals surface area contributed by atoms with Crippen LogP contribution in [0.3, 0.4) is 0 Å². The van der Waals surface area contributed by atoms with E-state index in [1.807, 2.05) is 0 Å². The fourth-order valence-corrected chi connectivity index (χ4v) is 5.12.